The van der Waals surface area contributed by atoms with E-state index in [9.17, 15) is 14.6 Å². The third-order valence-electron chi connectivity index (χ3n) is 9.14. The van der Waals surface area contributed by atoms with Gasteiger partial charge in [0, 0.05) is 43.8 Å². The summed E-state index contributed by atoms with van der Waals surface area (Å²) < 4.78 is 52.5. The van der Waals surface area contributed by atoms with Crippen molar-refractivity contribution in [2.24, 2.45) is 5.92 Å². The number of pyridine rings is 1. The number of fused-ring (bicyclic) bond motifs is 2. The van der Waals surface area contributed by atoms with E-state index in [1.807, 2.05) is 0 Å². The molecule has 11 nitrogen and oxygen atoms in total. The van der Waals surface area contributed by atoms with E-state index in [4.69, 9.17) is 25.4 Å². The summed E-state index contributed by atoms with van der Waals surface area (Å²) >= 11 is 0. The molecule has 3 aliphatic rings. The van der Waals surface area contributed by atoms with Gasteiger partial charge in [-0.05, 0) is 68.3 Å². The van der Waals surface area contributed by atoms with Gasteiger partial charge < -0.3 is 39.0 Å². The molecule has 0 saturated carbocycles. The molecule has 13 heteroatoms. The lowest BCUT2D eigenvalue weighted by Gasteiger charge is -2.26. The fourth-order valence-electron chi connectivity index (χ4n) is 6.75. The van der Waals surface area contributed by atoms with E-state index >= 15 is 4.39 Å². The molecule has 1 unspecified atom stereocenters. The quantitative estimate of drug-likeness (QED) is 0.280. The predicted molar refractivity (Wildman–Crippen MR) is 181 cm³/mol. The highest BCUT2D eigenvalue weighted by molar-refractivity contribution is 6.04. The molecule has 2 aromatic carbocycles. The number of nitrogens with zero attached hydrogens (tertiary/aromatic N) is 5. The second-order valence-corrected chi connectivity index (χ2v) is 12.4. The number of anilines is 1. The highest BCUT2D eigenvalue weighted by atomic mass is 19.1. The summed E-state index contributed by atoms with van der Waals surface area (Å²) in [5.74, 6) is 1.68. The van der Waals surface area contributed by atoms with Gasteiger partial charge in [-0.2, -0.15) is 9.97 Å². The molecular formula is C36H41F2N5O6. The highest BCUT2D eigenvalue weighted by Gasteiger charge is 2.28. The number of methoxy groups -OCH3 is 2. The van der Waals surface area contributed by atoms with E-state index in [0.29, 0.717) is 18.5 Å². The number of aromatic hydroxyl groups is 1. The molecule has 0 radical (unpaired) electrons. The van der Waals surface area contributed by atoms with Gasteiger partial charge in [0.2, 0.25) is 5.88 Å². The molecule has 49 heavy (non-hydrogen) atoms. The number of terminal acetylenes is 1. The smallest absolute Gasteiger partial charge is 0.318 e. The van der Waals surface area contributed by atoms with Gasteiger partial charge in [0.05, 0.1) is 39.1 Å². The number of halogens is 2. The molecule has 0 bridgehead atoms. The molecule has 0 spiro atoms. The molecule has 5 heterocycles. The lowest BCUT2D eigenvalue weighted by atomic mass is 9.95. The molecule has 2 N–H and O–H groups in total. The van der Waals surface area contributed by atoms with Gasteiger partial charge in [0.25, 0.3) is 0 Å². The summed E-state index contributed by atoms with van der Waals surface area (Å²) in [7, 11) is 2.69. The number of hydrogen-bond acceptors (Lipinski definition) is 11. The van der Waals surface area contributed by atoms with E-state index in [-0.39, 0.29) is 69.7 Å². The van der Waals surface area contributed by atoms with E-state index in [2.05, 4.69) is 25.8 Å². The Bertz CT molecular complexity index is 1840. The SMILES string of the molecule is C#Cc1c(F)ccc2cc(O)cc(-c3nc(OC)c4c(N5CCOCC(O)C5)nc(OC)nc4c3F)c12.C1CCN(CC2CCOCC2)C1. The maximum atomic E-state index is 16.3. The first kappa shape index (κ1) is 34.5. The standard InChI is InChI=1S/C26H22F2N4O5.C10H19NO/c1-4-16-18(27)6-5-13-9-14(33)10-17(19(13)16)22-21(28)23-20(25(29-22)35-2)24(31-26(30-23)36-3)32-7-8-37-12-15(34)11-32;1-2-6-11(5-1)9-10-3-7-12-8-4-10/h1,5-6,9-10,15,33-34H,7-8,11-12H2,2-3H3;10H,1-9H2. The minimum atomic E-state index is -0.886. The van der Waals surface area contributed by atoms with Crippen LogP contribution in [0.15, 0.2) is 24.3 Å². The van der Waals surface area contributed by atoms with Gasteiger partial charge in [0.15, 0.2) is 5.82 Å². The number of ether oxygens (including phenoxy) is 4. The van der Waals surface area contributed by atoms with Crippen LogP contribution in [0.1, 0.15) is 31.2 Å². The molecule has 3 saturated heterocycles. The van der Waals surface area contributed by atoms with Crippen LogP contribution in [0.25, 0.3) is 32.9 Å². The van der Waals surface area contributed by atoms with E-state index < -0.39 is 17.7 Å². The predicted octanol–water partition coefficient (Wildman–Crippen LogP) is 4.53. The van der Waals surface area contributed by atoms with Crippen molar-refractivity contribution in [1.29, 1.82) is 0 Å². The van der Waals surface area contributed by atoms with Crippen LogP contribution in [-0.4, -0.2) is 110 Å². The van der Waals surface area contributed by atoms with Gasteiger partial charge in [-0.25, -0.2) is 13.8 Å². The average molecular weight is 678 g/mol. The third kappa shape index (κ3) is 7.47. The maximum absolute atomic E-state index is 16.3. The first-order valence-electron chi connectivity index (χ1n) is 16.5. The van der Waals surface area contributed by atoms with Crippen LogP contribution < -0.4 is 14.4 Å². The van der Waals surface area contributed by atoms with Crippen molar-refractivity contribution in [2.45, 2.75) is 31.8 Å². The fourth-order valence-corrected chi connectivity index (χ4v) is 6.75. The van der Waals surface area contributed by atoms with Crippen molar-refractivity contribution < 1.29 is 37.9 Å². The Morgan fingerprint density at radius 3 is 2.47 bits per heavy atom. The molecule has 3 aliphatic heterocycles. The Kier molecular flexibility index (Phi) is 10.9. The van der Waals surface area contributed by atoms with Crippen LogP contribution in [0.2, 0.25) is 0 Å². The topological polar surface area (TPSA) is 123 Å². The zero-order chi connectivity index (χ0) is 34.5. The zero-order valence-corrected chi connectivity index (χ0v) is 27.8. The van der Waals surface area contributed by atoms with Crippen LogP contribution in [0, 0.1) is 29.9 Å². The number of hydrogen-bond donors (Lipinski definition) is 2. The number of benzene rings is 2. The minimum absolute atomic E-state index is 0.0288. The summed E-state index contributed by atoms with van der Waals surface area (Å²) in [6.07, 6.45) is 10.2. The highest BCUT2D eigenvalue weighted by Crippen LogP contribution is 2.42. The number of aliphatic hydroxyl groups is 1. The number of aliphatic hydroxyl groups excluding tert-OH is 1. The Labute approximate surface area is 283 Å². The molecule has 7 rings (SSSR count). The number of β-amino-alcohol motifs (C(OH)–C–C–N with tert-alkyl or cyclic N) is 1. The lowest BCUT2D eigenvalue weighted by molar-refractivity contribution is 0.0555. The normalized spacial score (nSPS) is 18.9. The van der Waals surface area contributed by atoms with Crippen LogP contribution in [0.4, 0.5) is 14.6 Å². The average Bonchev–Trinajstić information content (AvgIpc) is 3.53. The van der Waals surface area contributed by atoms with Crippen molar-refractivity contribution in [2.75, 3.05) is 78.3 Å². The fraction of sp³-hybridized carbons (Fsp3) is 0.472. The monoisotopic (exact) mass is 677 g/mol. The second kappa shape index (κ2) is 15.5. The van der Waals surface area contributed by atoms with Gasteiger partial charge in [-0.15, -0.1) is 6.42 Å². The van der Waals surface area contributed by atoms with Crippen LogP contribution in [0.5, 0.6) is 17.6 Å². The molecule has 3 fully saturated rings. The molecule has 0 amide bonds. The first-order valence-corrected chi connectivity index (χ1v) is 16.5. The van der Waals surface area contributed by atoms with E-state index in [1.54, 1.807) is 4.90 Å². The van der Waals surface area contributed by atoms with Crippen molar-refractivity contribution in [3.8, 4) is 41.2 Å². The Balaban J connectivity index is 0.000000291. The summed E-state index contributed by atoms with van der Waals surface area (Å²) in [6.45, 7) is 6.97. The van der Waals surface area contributed by atoms with Gasteiger partial charge in [0.1, 0.15) is 34.0 Å². The number of rotatable bonds is 6. The largest absolute Gasteiger partial charge is 0.508 e. The summed E-state index contributed by atoms with van der Waals surface area (Å²) in [4.78, 5) is 17.4. The van der Waals surface area contributed by atoms with E-state index in [0.717, 1.165) is 19.1 Å². The molecule has 1 atom stereocenters. The summed E-state index contributed by atoms with van der Waals surface area (Å²) in [6, 6.07) is 5.12. The molecule has 2 aromatic heterocycles. The maximum Gasteiger partial charge on any atom is 0.318 e. The zero-order valence-electron chi connectivity index (χ0n) is 27.8. The van der Waals surface area contributed by atoms with Crippen molar-refractivity contribution >= 4 is 27.5 Å². The Hall–Kier alpha value is -4.35. The van der Waals surface area contributed by atoms with Crippen LogP contribution >= 0.6 is 0 Å². The van der Waals surface area contributed by atoms with Crippen LogP contribution in [0.3, 0.4) is 0 Å². The van der Waals surface area contributed by atoms with Crippen molar-refractivity contribution in [3.05, 3.63) is 41.5 Å². The number of likely N-dealkylation sites (tertiary alicyclic amines) is 1. The van der Waals surface area contributed by atoms with Crippen molar-refractivity contribution in [1.82, 2.24) is 19.9 Å². The third-order valence-corrected chi connectivity index (χ3v) is 9.14. The van der Waals surface area contributed by atoms with Gasteiger partial charge in [-0.1, -0.05) is 12.0 Å². The first-order chi connectivity index (χ1) is 23.8. The summed E-state index contributed by atoms with van der Waals surface area (Å²) in [5.41, 5.74) is -0.498. The Morgan fingerprint density at radius 2 is 1.76 bits per heavy atom. The second-order valence-electron chi connectivity index (χ2n) is 12.4. The minimum Gasteiger partial charge on any atom is -0.508 e. The molecule has 0 aliphatic carbocycles. The Morgan fingerprint density at radius 1 is 0.980 bits per heavy atom. The lowest BCUT2D eigenvalue weighted by Crippen LogP contribution is -2.33. The number of phenols is 1. The van der Waals surface area contributed by atoms with Crippen molar-refractivity contribution in [3.63, 3.8) is 0 Å². The molecule has 260 valence electrons. The molecule has 4 aromatic rings. The number of aromatic nitrogens is 3. The van der Waals surface area contributed by atoms with Crippen LogP contribution in [-0.2, 0) is 9.47 Å². The molecular weight excluding hydrogens is 636 g/mol. The van der Waals surface area contributed by atoms with E-state index in [1.165, 1.54) is 83.8 Å². The number of phenolic OH excluding ortho intramolecular Hbond substituents is 1. The van der Waals surface area contributed by atoms with Gasteiger partial charge >= 0.3 is 6.01 Å². The van der Waals surface area contributed by atoms with Gasteiger partial charge in [-0.3, -0.25) is 0 Å². The summed E-state index contributed by atoms with van der Waals surface area (Å²) in [5, 5.41) is 21.4.